The zero-order valence-corrected chi connectivity index (χ0v) is 17.7. The maximum atomic E-state index is 13.3. The molecule has 4 rings (SSSR count). The lowest BCUT2D eigenvalue weighted by molar-refractivity contribution is -0.134. The van der Waals surface area contributed by atoms with Crippen molar-refractivity contribution in [3.8, 4) is 11.1 Å². The van der Waals surface area contributed by atoms with Crippen molar-refractivity contribution in [2.24, 2.45) is 5.92 Å². The standard InChI is InChI=1S/C26H28N4O/c1-2-14-30-16-15-29(20-25-7-3-4-13-28-25)19-24(26(30)31)17-21-8-10-22(11-9-21)23-6-5-12-27-18-23/h2-13,18,24H,1,14-17,19-20H2/t24-/m1/s1. The first-order chi connectivity index (χ1) is 15.2. The Labute approximate surface area is 184 Å². The highest BCUT2D eigenvalue weighted by Crippen LogP contribution is 2.22. The first-order valence-corrected chi connectivity index (χ1v) is 10.7. The molecule has 0 radical (unpaired) electrons. The van der Waals surface area contributed by atoms with E-state index in [1.807, 2.05) is 47.6 Å². The topological polar surface area (TPSA) is 49.3 Å². The molecule has 0 unspecified atom stereocenters. The quantitative estimate of drug-likeness (QED) is 0.554. The van der Waals surface area contributed by atoms with Crippen LogP contribution in [0.3, 0.4) is 0 Å². The van der Waals surface area contributed by atoms with Gasteiger partial charge in [0, 0.05) is 51.3 Å². The predicted octanol–water partition coefficient (Wildman–Crippen LogP) is 3.83. The molecule has 2 aromatic heterocycles. The fraction of sp³-hybridized carbons (Fsp3) is 0.269. The number of benzene rings is 1. The average Bonchev–Trinajstić information content (AvgIpc) is 2.95. The van der Waals surface area contributed by atoms with E-state index in [4.69, 9.17) is 0 Å². The Morgan fingerprint density at radius 3 is 2.58 bits per heavy atom. The highest BCUT2D eigenvalue weighted by Gasteiger charge is 2.30. The van der Waals surface area contributed by atoms with Crippen LogP contribution in [0.1, 0.15) is 11.3 Å². The van der Waals surface area contributed by atoms with Gasteiger partial charge < -0.3 is 4.90 Å². The molecule has 3 aromatic rings. The Bertz CT molecular complexity index is 989. The molecule has 31 heavy (non-hydrogen) atoms. The molecule has 1 aliphatic heterocycles. The Kier molecular flexibility index (Phi) is 6.85. The molecule has 158 valence electrons. The minimum absolute atomic E-state index is 0.0876. The van der Waals surface area contributed by atoms with Crippen molar-refractivity contribution in [3.63, 3.8) is 0 Å². The van der Waals surface area contributed by atoms with Gasteiger partial charge in [-0.3, -0.25) is 19.7 Å². The molecular weight excluding hydrogens is 384 g/mol. The smallest absolute Gasteiger partial charge is 0.227 e. The van der Waals surface area contributed by atoms with E-state index in [9.17, 15) is 4.79 Å². The van der Waals surface area contributed by atoms with Crippen molar-refractivity contribution < 1.29 is 4.79 Å². The summed E-state index contributed by atoms with van der Waals surface area (Å²) in [5.41, 5.74) is 4.43. The van der Waals surface area contributed by atoms with Gasteiger partial charge in [-0.05, 0) is 41.3 Å². The summed E-state index contributed by atoms with van der Waals surface area (Å²) in [5, 5.41) is 0. The monoisotopic (exact) mass is 412 g/mol. The summed E-state index contributed by atoms with van der Waals surface area (Å²) in [5.74, 6) is 0.121. The summed E-state index contributed by atoms with van der Waals surface area (Å²) in [6.07, 6.45) is 8.00. The second-order valence-corrected chi connectivity index (χ2v) is 7.97. The van der Waals surface area contributed by atoms with Crippen LogP contribution in [0.25, 0.3) is 11.1 Å². The molecule has 5 heteroatoms. The van der Waals surface area contributed by atoms with E-state index in [0.29, 0.717) is 13.1 Å². The minimum Gasteiger partial charge on any atom is -0.337 e. The first-order valence-electron chi connectivity index (χ1n) is 10.7. The second kappa shape index (κ2) is 10.1. The van der Waals surface area contributed by atoms with Gasteiger partial charge in [-0.2, -0.15) is 0 Å². The molecule has 1 aromatic carbocycles. The Morgan fingerprint density at radius 1 is 1.00 bits per heavy atom. The molecule has 0 aliphatic carbocycles. The van der Waals surface area contributed by atoms with Crippen LogP contribution in [0.5, 0.6) is 0 Å². The molecule has 0 saturated carbocycles. The highest BCUT2D eigenvalue weighted by atomic mass is 16.2. The lowest BCUT2D eigenvalue weighted by atomic mass is 9.96. The SMILES string of the molecule is C=CCN1CCN(Cc2ccccn2)C[C@@H](Cc2ccc(-c3cccnc3)cc2)C1=O. The van der Waals surface area contributed by atoms with Gasteiger partial charge in [0.15, 0.2) is 0 Å². The Morgan fingerprint density at radius 2 is 1.87 bits per heavy atom. The van der Waals surface area contributed by atoms with Crippen LogP contribution in [0, 0.1) is 5.92 Å². The van der Waals surface area contributed by atoms with E-state index >= 15 is 0 Å². The minimum atomic E-state index is -0.0876. The van der Waals surface area contributed by atoms with Crippen molar-refractivity contribution in [1.82, 2.24) is 19.8 Å². The van der Waals surface area contributed by atoms with E-state index in [1.54, 1.807) is 6.20 Å². The van der Waals surface area contributed by atoms with E-state index < -0.39 is 0 Å². The third-order valence-corrected chi connectivity index (χ3v) is 5.72. The van der Waals surface area contributed by atoms with Crippen LogP contribution in [-0.2, 0) is 17.8 Å². The van der Waals surface area contributed by atoms with Gasteiger partial charge in [-0.1, -0.05) is 42.5 Å². The molecule has 1 fully saturated rings. The van der Waals surface area contributed by atoms with Crippen molar-refractivity contribution >= 4 is 5.91 Å². The third kappa shape index (κ3) is 5.44. The molecular formula is C26H28N4O. The van der Waals surface area contributed by atoms with Crippen LogP contribution < -0.4 is 0 Å². The number of hydrogen-bond donors (Lipinski definition) is 0. The zero-order valence-electron chi connectivity index (χ0n) is 17.7. The summed E-state index contributed by atoms with van der Waals surface area (Å²) in [6.45, 7) is 7.46. The molecule has 1 saturated heterocycles. The molecule has 5 nitrogen and oxygen atoms in total. The van der Waals surface area contributed by atoms with Gasteiger partial charge in [-0.15, -0.1) is 6.58 Å². The summed E-state index contributed by atoms with van der Waals surface area (Å²) in [7, 11) is 0. The Balaban J connectivity index is 1.50. The summed E-state index contributed by atoms with van der Waals surface area (Å²) in [6, 6.07) is 18.5. The number of rotatable bonds is 7. The van der Waals surface area contributed by atoms with Crippen molar-refractivity contribution in [3.05, 3.63) is 97.1 Å². The maximum absolute atomic E-state index is 13.3. The van der Waals surface area contributed by atoms with Crippen molar-refractivity contribution in [2.45, 2.75) is 13.0 Å². The molecule has 1 amide bonds. The lowest BCUT2D eigenvalue weighted by Crippen LogP contribution is -2.37. The van der Waals surface area contributed by atoms with Gasteiger partial charge in [-0.25, -0.2) is 0 Å². The summed E-state index contributed by atoms with van der Waals surface area (Å²) in [4.78, 5) is 26.2. The largest absolute Gasteiger partial charge is 0.337 e. The van der Waals surface area contributed by atoms with Crippen molar-refractivity contribution in [1.29, 1.82) is 0 Å². The van der Waals surface area contributed by atoms with Crippen LogP contribution >= 0.6 is 0 Å². The summed E-state index contributed by atoms with van der Waals surface area (Å²) >= 11 is 0. The number of carbonyl (C=O) groups is 1. The first kappa shape index (κ1) is 20.9. The van der Waals surface area contributed by atoms with E-state index in [-0.39, 0.29) is 11.8 Å². The van der Waals surface area contributed by atoms with Gasteiger partial charge in [0.1, 0.15) is 0 Å². The highest BCUT2D eigenvalue weighted by molar-refractivity contribution is 5.80. The van der Waals surface area contributed by atoms with Crippen LogP contribution in [-0.4, -0.2) is 51.9 Å². The molecule has 3 heterocycles. The van der Waals surface area contributed by atoms with E-state index in [1.165, 1.54) is 5.56 Å². The molecule has 1 atom stereocenters. The molecule has 0 spiro atoms. The van der Waals surface area contributed by atoms with Gasteiger partial charge in [0.2, 0.25) is 5.91 Å². The van der Waals surface area contributed by atoms with Gasteiger partial charge >= 0.3 is 0 Å². The van der Waals surface area contributed by atoms with Crippen LogP contribution in [0.15, 0.2) is 85.8 Å². The maximum Gasteiger partial charge on any atom is 0.227 e. The molecule has 0 N–H and O–H groups in total. The van der Waals surface area contributed by atoms with E-state index in [0.717, 1.165) is 42.9 Å². The van der Waals surface area contributed by atoms with Crippen molar-refractivity contribution in [2.75, 3.05) is 26.2 Å². The second-order valence-electron chi connectivity index (χ2n) is 7.97. The Hall–Kier alpha value is -3.31. The number of carbonyl (C=O) groups excluding carboxylic acids is 1. The zero-order chi connectivity index (χ0) is 21.5. The summed E-state index contributed by atoms with van der Waals surface area (Å²) < 4.78 is 0. The number of hydrogen-bond acceptors (Lipinski definition) is 4. The van der Waals surface area contributed by atoms with Crippen LogP contribution in [0.2, 0.25) is 0 Å². The number of nitrogens with zero attached hydrogens (tertiary/aromatic N) is 4. The van der Waals surface area contributed by atoms with E-state index in [2.05, 4.69) is 51.8 Å². The average molecular weight is 413 g/mol. The normalized spacial score (nSPS) is 17.4. The third-order valence-electron chi connectivity index (χ3n) is 5.72. The fourth-order valence-electron chi connectivity index (χ4n) is 4.12. The lowest BCUT2D eigenvalue weighted by Gasteiger charge is -2.23. The van der Waals surface area contributed by atoms with Gasteiger partial charge in [0.05, 0.1) is 11.6 Å². The fourth-order valence-corrected chi connectivity index (χ4v) is 4.12. The number of amides is 1. The number of aromatic nitrogens is 2. The molecule has 1 aliphatic rings. The van der Waals surface area contributed by atoms with Gasteiger partial charge in [0.25, 0.3) is 0 Å². The number of pyridine rings is 2. The molecule has 0 bridgehead atoms. The van der Waals surface area contributed by atoms with Crippen LogP contribution in [0.4, 0.5) is 0 Å². The predicted molar refractivity (Wildman–Crippen MR) is 123 cm³/mol.